The summed E-state index contributed by atoms with van der Waals surface area (Å²) in [6.45, 7) is 6.66. The molecule has 0 bridgehead atoms. The van der Waals surface area contributed by atoms with Gasteiger partial charge in [-0.25, -0.2) is 4.98 Å². The van der Waals surface area contributed by atoms with Gasteiger partial charge in [0.1, 0.15) is 12.4 Å². The summed E-state index contributed by atoms with van der Waals surface area (Å²) in [5.41, 5.74) is 2.46. The first kappa shape index (κ1) is 19.4. The lowest BCUT2D eigenvalue weighted by Crippen LogP contribution is -2.14. The normalized spacial score (nSPS) is 11.3. The first-order valence-corrected chi connectivity index (χ1v) is 9.82. The Morgan fingerprint density at radius 1 is 1.15 bits per heavy atom. The molecule has 27 heavy (non-hydrogen) atoms. The molecule has 4 nitrogen and oxygen atoms in total. The summed E-state index contributed by atoms with van der Waals surface area (Å²) in [6, 6.07) is 14.6. The van der Waals surface area contributed by atoms with E-state index in [1.165, 1.54) is 11.3 Å². The molecule has 0 aliphatic carbocycles. The van der Waals surface area contributed by atoms with Crippen LogP contribution in [0, 0.1) is 0 Å². The maximum atomic E-state index is 12.4. The summed E-state index contributed by atoms with van der Waals surface area (Å²) in [4.78, 5) is 16.9. The minimum atomic E-state index is -0.177. The number of ether oxygens (including phenoxy) is 1. The highest BCUT2D eigenvalue weighted by Crippen LogP contribution is 2.27. The Morgan fingerprint density at radius 2 is 1.85 bits per heavy atom. The van der Waals surface area contributed by atoms with Crippen molar-refractivity contribution in [3.8, 4) is 5.75 Å². The zero-order valence-corrected chi connectivity index (χ0v) is 17.0. The lowest BCUT2D eigenvalue weighted by Gasteiger charge is -2.14. The molecule has 0 atom stereocenters. The Hall–Kier alpha value is -2.37. The third-order valence-electron chi connectivity index (χ3n) is 3.94. The van der Waals surface area contributed by atoms with Crippen molar-refractivity contribution in [2.24, 2.45) is 0 Å². The Labute approximate surface area is 168 Å². The number of carbonyl (C=O) groups is 1. The number of thiazole rings is 1. The number of halogens is 1. The summed E-state index contributed by atoms with van der Waals surface area (Å²) < 4.78 is 5.71. The first-order chi connectivity index (χ1) is 12.8. The van der Waals surface area contributed by atoms with Crippen molar-refractivity contribution in [3.63, 3.8) is 0 Å². The average molecular weight is 401 g/mol. The van der Waals surface area contributed by atoms with Crippen molar-refractivity contribution in [2.75, 3.05) is 5.32 Å². The lowest BCUT2D eigenvalue weighted by molar-refractivity contribution is 0.102. The Bertz CT molecular complexity index is 930. The molecule has 0 saturated carbocycles. The highest BCUT2D eigenvalue weighted by molar-refractivity contribution is 7.14. The molecule has 2 aromatic carbocycles. The van der Waals surface area contributed by atoms with Crippen molar-refractivity contribution in [2.45, 2.75) is 32.8 Å². The van der Waals surface area contributed by atoms with Crippen LogP contribution in [0.3, 0.4) is 0 Å². The second-order valence-corrected chi connectivity index (χ2v) is 8.42. The number of nitrogens with zero attached hydrogens (tertiary/aromatic N) is 1. The number of rotatable bonds is 5. The molecule has 3 aromatic rings. The number of para-hydroxylation sites is 1. The van der Waals surface area contributed by atoms with E-state index in [0.717, 1.165) is 11.3 Å². The van der Waals surface area contributed by atoms with Gasteiger partial charge in [0.25, 0.3) is 5.91 Å². The lowest BCUT2D eigenvalue weighted by atomic mass is 9.93. The molecule has 1 N–H and O–H groups in total. The second kappa shape index (κ2) is 8.11. The van der Waals surface area contributed by atoms with Gasteiger partial charge in [-0.2, -0.15) is 0 Å². The molecular formula is C21H21ClN2O2S. The quantitative estimate of drug-likeness (QED) is 0.577. The van der Waals surface area contributed by atoms with Crippen LogP contribution in [0.4, 0.5) is 5.13 Å². The van der Waals surface area contributed by atoms with Crippen molar-refractivity contribution >= 4 is 34.0 Å². The van der Waals surface area contributed by atoms with Crippen molar-refractivity contribution in [3.05, 3.63) is 75.8 Å². The maximum absolute atomic E-state index is 12.4. The molecule has 140 valence electrons. The van der Waals surface area contributed by atoms with E-state index < -0.39 is 0 Å². The summed E-state index contributed by atoms with van der Waals surface area (Å²) >= 11 is 7.52. The molecule has 0 fully saturated rings. The van der Waals surface area contributed by atoms with Crippen LogP contribution in [-0.4, -0.2) is 10.9 Å². The minimum absolute atomic E-state index is 0.0389. The number of benzene rings is 2. The molecular weight excluding hydrogens is 380 g/mol. The van der Waals surface area contributed by atoms with Gasteiger partial charge < -0.3 is 4.74 Å². The molecule has 0 unspecified atom stereocenters. The van der Waals surface area contributed by atoms with Gasteiger partial charge in [0.2, 0.25) is 0 Å². The number of carbonyl (C=O) groups excluding carboxylic acids is 1. The number of nitrogens with one attached hydrogen (secondary N) is 1. The molecule has 1 heterocycles. The number of hydrogen-bond donors (Lipinski definition) is 1. The largest absolute Gasteiger partial charge is 0.487 e. The Balaban J connectivity index is 1.60. The average Bonchev–Trinajstić information content (AvgIpc) is 3.10. The van der Waals surface area contributed by atoms with Crippen LogP contribution in [-0.2, 0) is 12.0 Å². The monoisotopic (exact) mass is 400 g/mol. The molecule has 0 aliphatic heterocycles. The molecule has 0 spiro atoms. The highest BCUT2D eigenvalue weighted by atomic mass is 35.5. The topological polar surface area (TPSA) is 51.2 Å². The summed E-state index contributed by atoms with van der Waals surface area (Å²) in [5.74, 6) is 0.461. The smallest absolute Gasteiger partial charge is 0.257 e. The zero-order chi connectivity index (χ0) is 19.4. The second-order valence-electron chi connectivity index (χ2n) is 7.16. The molecule has 0 saturated heterocycles. The number of hydrogen-bond acceptors (Lipinski definition) is 4. The van der Waals surface area contributed by atoms with Crippen LogP contribution >= 0.6 is 22.9 Å². The molecule has 3 rings (SSSR count). The molecule has 0 radical (unpaired) electrons. The van der Waals surface area contributed by atoms with E-state index in [1.807, 2.05) is 35.7 Å². The summed E-state index contributed by atoms with van der Waals surface area (Å²) in [6.07, 6.45) is 0. The number of amides is 1. The van der Waals surface area contributed by atoms with Crippen LogP contribution < -0.4 is 10.1 Å². The van der Waals surface area contributed by atoms with E-state index in [2.05, 4.69) is 31.1 Å². The van der Waals surface area contributed by atoms with Gasteiger partial charge in [-0.15, -0.1) is 11.3 Å². The van der Waals surface area contributed by atoms with Gasteiger partial charge >= 0.3 is 0 Å². The Kier molecular flexibility index (Phi) is 5.82. The zero-order valence-electron chi connectivity index (χ0n) is 15.5. The molecule has 0 aliphatic rings. The third kappa shape index (κ3) is 5.08. The fraction of sp³-hybridized carbons (Fsp3) is 0.238. The van der Waals surface area contributed by atoms with E-state index in [1.54, 1.807) is 18.2 Å². The SMILES string of the molecule is CC(C)(C)c1csc(NC(=O)c2ccc(COc3ccccc3Cl)cc2)n1. The van der Waals surface area contributed by atoms with Gasteiger partial charge in [0.15, 0.2) is 5.13 Å². The van der Waals surface area contributed by atoms with Crippen LogP contribution in [0.2, 0.25) is 5.02 Å². The first-order valence-electron chi connectivity index (χ1n) is 8.56. The van der Waals surface area contributed by atoms with Crippen molar-refractivity contribution < 1.29 is 9.53 Å². The maximum Gasteiger partial charge on any atom is 0.257 e. The Morgan fingerprint density at radius 3 is 2.48 bits per heavy atom. The van der Waals surface area contributed by atoms with Gasteiger partial charge in [-0.1, -0.05) is 56.6 Å². The van der Waals surface area contributed by atoms with Gasteiger partial charge in [0, 0.05) is 16.4 Å². The van der Waals surface area contributed by atoms with E-state index in [0.29, 0.717) is 28.1 Å². The molecule has 1 aromatic heterocycles. The predicted molar refractivity (Wildman–Crippen MR) is 111 cm³/mol. The fourth-order valence-corrected chi connectivity index (χ4v) is 3.44. The van der Waals surface area contributed by atoms with Crippen LogP contribution in [0.15, 0.2) is 53.9 Å². The number of aromatic nitrogens is 1. The highest BCUT2D eigenvalue weighted by Gasteiger charge is 2.18. The van der Waals surface area contributed by atoms with E-state index in [4.69, 9.17) is 16.3 Å². The van der Waals surface area contributed by atoms with Crippen LogP contribution in [0.1, 0.15) is 42.4 Å². The summed E-state index contributed by atoms with van der Waals surface area (Å²) in [5, 5.41) is 6.02. The molecule has 6 heteroatoms. The van der Waals surface area contributed by atoms with Gasteiger partial charge in [0.05, 0.1) is 10.7 Å². The van der Waals surface area contributed by atoms with Crippen molar-refractivity contribution in [1.29, 1.82) is 0 Å². The summed E-state index contributed by atoms with van der Waals surface area (Å²) in [7, 11) is 0. The van der Waals surface area contributed by atoms with E-state index in [9.17, 15) is 4.79 Å². The third-order valence-corrected chi connectivity index (χ3v) is 5.01. The molecule has 1 amide bonds. The van der Waals surface area contributed by atoms with E-state index >= 15 is 0 Å². The van der Waals surface area contributed by atoms with Crippen LogP contribution in [0.25, 0.3) is 0 Å². The minimum Gasteiger partial charge on any atom is -0.487 e. The van der Waals surface area contributed by atoms with E-state index in [-0.39, 0.29) is 11.3 Å². The fourth-order valence-electron chi connectivity index (χ4n) is 2.32. The van der Waals surface area contributed by atoms with Gasteiger partial charge in [-0.05, 0) is 29.8 Å². The standard InChI is InChI=1S/C21H21ClN2O2S/c1-21(2,3)18-13-27-20(23-18)24-19(25)15-10-8-14(9-11-15)12-26-17-7-5-4-6-16(17)22/h4-11,13H,12H2,1-3H3,(H,23,24,25). The number of anilines is 1. The van der Waals surface area contributed by atoms with Crippen molar-refractivity contribution in [1.82, 2.24) is 4.98 Å². The van der Waals surface area contributed by atoms with Crippen LogP contribution in [0.5, 0.6) is 5.75 Å². The predicted octanol–water partition coefficient (Wildman–Crippen LogP) is 5.93. The van der Waals surface area contributed by atoms with Gasteiger partial charge in [-0.3, -0.25) is 10.1 Å².